The Balaban J connectivity index is 2.91. The second kappa shape index (κ2) is 30.1. The number of primary amides is 1. The van der Waals surface area contributed by atoms with Crippen molar-refractivity contribution in [3.8, 4) is 0 Å². The first-order valence-electron chi connectivity index (χ1n) is 21.3. The van der Waals surface area contributed by atoms with Crippen LogP contribution in [0.4, 0.5) is 0 Å². The molecule has 30 heteroatoms. The van der Waals surface area contributed by atoms with Crippen LogP contribution in [0, 0.1) is 0 Å². The molecular weight excluding hydrogens is 941 g/mol. The summed E-state index contributed by atoms with van der Waals surface area (Å²) in [6, 6.07) is -11.6. The molecule has 0 aromatic rings. The molecule has 1 rings (SSSR count). The molecule has 10 amide bonds. The zero-order chi connectivity index (χ0) is 51.8. The number of nitrogens with two attached hydrogens (primary N) is 4. The summed E-state index contributed by atoms with van der Waals surface area (Å²) in [7, 11) is 0. The van der Waals surface area contributed by atoms with Crippen molar-refractivity contribution in [1.29, 1.82) is 0 Å². The highest BCUT2D eigenvalue weighted by Crippen LogP contribution is 2.20. The molecule has 0 radical (unpaired) electrons. The lowest BCUT2D eigenvalue weighted by molar-refractivity contribution is -0.144. The minimum Gasteiger partial charge on any atom is -0.481 e. The van der Waals surface area contributed by atoms with Crippen molar-refractivity contribution < 1.29 is 67.7 Å². The highest BCUT2D eigenvalue weighted by Gasteiger charge is 2.39. The van der Waals surface area contributed by atoms with Gasteiger partial charge >= 0.3 is 11.9 Å². The standard InChI is InChI=1S/C38H64N14O14S2/c1-17(45-30(58)18(2)46-31(59)19(3)47-33(61)21(6-4-12-43-38(41)42)49-32(60)20(39)15-67)29(57)44-14-27(54)48-23(9-11-28(55)56)36(64)52-13-5-7-25(52)35(63)50-22(8-10-26(40)53)34(62)51-24(16-68)37(65)66/h17-25,67-68H,4-16,39H2,1-3H3,(H2,40,53)(H,44,57)(H,45,58)(H,46,59)(H,47,61)(H,48,54)(H,49,60)(H,50,63)(H,51,62)(H,55,56)(H,65,66)(H4,41,42,43)/t17-,18-,19-,20-,21-,22-,23-,24-,25-/m0/s1. The molecule has 9 atom stereocenters. The molecule has 0 unspecified atom stereocenters. The molecular formula is C38H64N14O14S2. The number of aliphatic carboxylic acids is 2. The van der Waals surface area contributed by atoms with E-state index in [1.165, 1.54) is 20.8 Å². The van der Waals surface area contributed by atoms with Crippen LogP contribution >= 0.6 is 25.3 Å². The Morgan fingerprint density at radius 2 is 1.18 bits per heavy atom. The lowest BCUT2D eigenvalue weighted by Gasteiger charge is -2.30. The SMILES string of the molecule is C[C@H](NC(=O)[C@H](C)NC(=O)[C@H](C)NC(=O)[C@H](CCCN=C(N)N)NC(=O)[C@@H](N)CS)C(=O)NCC(=O)N[C@@H](CCC(=O)O)C(=O)N1CCC[C@H]1C(=O)N[C@@H](CCC(N)=O)C(=O)N[C@@H](CS)C(=O)O. The Labute approximate surface area is 401 Å². The lowest BCUT2D eigenvalue weighted by Crippen LogP contribution is -2.58. The fourth-order valence-corrected chi connectivity index (χ4v) is 6.61. The molecule has 1 heterocycles. The molecule has 0 bridgehead atoms. The third kappa shape index (κ3) is 21.5. The zero-order valence-corrected chi connectivity index (χ0v) is 39.6. The van der Waals surface area contributed by atoms with E-state index in [2.05, 4.69) is 72.8 Å². The number of nitrogens with zero attached hydrogens (tertiary/aromatic N) is 2. The molecule has 0 aromatic carbocycles. The van der Waals surface area contributed by atoms with Crippen molar-refractivity contribution in [3.05, 3.63) is 0 Å². The van der Waals surface area contributed by atoms with Gasteiger partial charge in [0.05, 0.1) is 12.6 Å². The van der Waals surface area contributed by atoms with Crippen LogP contribution in [0.5, 0.6) is 0 Å². The van der Waals surface area contributed by atoms with Gasteiger partial charge in [0.15, 0.2) is 5.96 Å². The summed E-state index contributed by atoms with van der Waals surface area (Å²) in [6.07, 6.45) is -1.06. The van der Waals surface area contributed by atoms with Crippen molar-refractivity contribution in [2.45, 2.75) is 127 Å². The second-order valence-corrected chi connectivity index (χ2v) is 16.3. The number of likely N-dealkylation sites (tertiary alicyclic amines) is 1. The number of carbonyl (C=O) groups is 12. The van der Waals surface area contributed by atoms with Crippen molar-refractivity contribution in [2.24, 2.45) is 27.9 Å². The fraction of sp³-hybridized carbons (Fsp3) is 0.658. The van der Waals surface area contributed by atoms with E-state index in [1.54, 1.807) is 0 Å². The van der Waals surface area contributed by atoms with E-state index in [-0.39, 0.29) is 69.1 Å². The van der Waals surface area contributed by atoms with Gasteiger partial charge in [-0.05, 0) is 59.3 Å². The van der Waals surface area contributed by atoms with E-state index in [4.69, 9.17) is 22.9 Å². The molecule has 1 aliphatic rings. The Bertz CT molecular complexity index is 1890. The Morgan fingerprint density at radius 1 is 0.647 bits per heavy atom. The number of carbonyl (C=O) groups excluding carboxylic acids is 10. The van der Waals surface area contributed by atoms with Gasteiger partial charge in [-0.1, -0.05) is 0 Å². The minimum atomic E-state index is -1.52. The maximum Gasteiger partial charge on any atom is 0.327 e. The number of aliphatic imine (C=N–C) groups is 1. The van der Waals surface area contributed by atoms with Gasteiger partial charge in [0.1, 0.15) is 48.3 Å². The summed E-state index contributed by atoms with van der Waals surface area (Å²) < 4.78 is 0. The quantitative estimate of drug-likeness (QED) is 0.0138. The third-order valence-corrected chi connectivity index (χ3v) is 10.8. The molecule has 0 saturated carbocycles. The molecule has 1 fully saturated rings. The molecule has 28 nitrogen and oxygen atoms in total. The molecule has 0 spiro atoms. The van der Waals surface area contributed by atoms with Crippen molar-refractivity contribution in [1.82, 2.24) is 47.4 Å². The van der Waals surface area contributed by atoms with E-state index in [0.29, 0.717) is 0 Å². The highest BCUT2D eigenvalue weighted by molar-refractivity contribution is 7.80. The lowest BCUT2D eigenvalue weighted by atomic mass is 10.1. The minimum absolute atomic E-state index is 0.0119. The van der Waals surface area contributed by atoms with Gasteiger partial charge in [0, 0.05) is 37.4 Å². The van der Waals surface area contributed by atoms with E-state index in [9.17, 15) is 67.7 Å². The van der Waals surface area contributed by atoms with Gasteiger partial charge in [-0.3, -0.25) is 57.7 Å². The first-order valence-corrected chi connectivity index (χ1v) is 22.5. The summed E-state index contributed by atoms with van der Waals surface area (Å²) in [5.41, 5.74) is 21.6. The molecule has 68 heavy (non-hydrogen) atoms. The number of thiol groups is 2. The van der Waals surface area contributed by atoms with Gasteiger partial charge in [-0.2, -0.15) is 25.3 Å². The van der Waals surface area contributed by atoms with Crippen molar-refractivity contribution >= 4 is 102 Å². The van der Waals surface area contributed by atoms with Crippen LogP contribution in [0.25, 0.3) is 0 Å². The topological polar surface area (TPSA) is 461 Å². The predicted molar refractivity (Wildman–Crippen MR) is 247 cm³/mol. The van der Waals surface area contributed by atoms with Crippen LogP contribution in [0.2, 0.25) is 0 Å². The third-order valence-electron chi connectivity index (χ3n) is 10.0. The van der Waals surface area contributed by atoms with E-state index < -0.39 is 145 Å². The monoisotopic (exact) mass is 1000 g/mol. The Kier molecular flexibility index (Phi) is 26.3. The number of guanidine groups is 1. The molecule has 1 saturated heterocycles. The number of carboxylic acid groups (broad SMARTS) is 2. The first kappa shape index (κ1) is 59.6. The number of carboxylic acids is 2. The largest absolute Gasteiger partial charge is 0.481 e. The molecule has 1 aliphatic heterocycles. The molecule has 382 valence electrons. The van der Waals surface area contributed by atoms with Crippen LogP contribution in [0.3, 0.4) is 0 Å². The summed E-state index contributed by atoms with van der Waals surface area (Å²) in [6.45, 7) is 3.21. The van der Waals surface area contributed by atoms with Crippen LogP contribution in [0.1, 0.15) is 72.1 Å². The van der Waals surface area contributed by atoms with E-state index >= 15 is 0 Å². The van der Waals surface area contributed by atoms with Crippen LogP contribution < -0.4 is 65.5 Å². The maximum atomic E-state index is 13.8. The van der Waals surface area contributed by atoms with Gasteiger partial charge in [-0.15, -0.1) is 0 Å². The normalized spacial score (nSPS) is 16.6. The average molecular weight is 1010 g/mol. The van der Waals surface area contributed by atoms with Gasteiger partial charge in [0.2, 0.25) is 59.1 Å². The highest BCUT2D eigenvalue weighted by atomic mass is 32.1. The average Bonchev–Trinajstić information content (AvgIpc) is 3.77. The molecule has 0 aromatic heterocycles. The zero-order valence-electron chi connectivity index (χ0n) is 37.8. The number of rotatable bonds is 30. The van der Waals surface area contributed by atoms with Crippen LogP contribution in [-0.2, 0) is 57.5 Å². The maximum absolute atomic E-state index is 13.8. The van der Waals surface area contributed by atoms with Gasteiger partial charge in [-0.25, -0.2) is 4.79 Å². The number of hydrogen-bond donors (Lipinski definition) is 16. The number of amides is 10. The second-order valence-electron chi connectivity index (χ2n) is 15.6. The first-order chi connectivity index (χ1) is 31.8. The predicted octanol–water partition coefficient (Wildman–Crippen LogP) is -7.00. The summed E-state index contributed by atoms with van der Waals surface area (Å²) in [5.74, 6) is -11.7. The smallest absolute Gasteiger partial charge is 0.327 e. The van der Waals surface area contributed by atoms with Crippen molar-refractivity contribution in [2.75, 3.05) is 31.1 Å². The Hall–Kier alpha value is -6.43. The number of hydrogen-bond acceptors (Lipinski definition) is 16. The van der Waals surface area contributed by atoms with Gasteiger partial charge in [0.25, 0.3) is 0 Å². The number of nitrogens with one attached hydrogen (secondary N) is 8. The molecule has 0 aliphatic carbocycles. The van der Waals surface area contributed by atoms with Crippen LogP contribution in [0.15, 0.2) is 4.99 Å². The van der Waals surface area contributed by atoms with Gasteiger partial charge < -0.3 is 80.6 Å². The van der Waals surface area contributed by atoms with Crippen molar-refractivity contribution in [3.63, 3.8) is 0 Å². The summed E-state index contributed by atoms with van der Waals surface area (Å²) >= 11 is 7.86. The fourth-order valence-electron chi connectivity index (χ4n) is 6.20. The summed E-state index contributed by atoms with van der Waals surface area (Å²) in [4.78, 5) is 157. The molecule has 18 N–H and O–H groups in total. The van der Waals surface area contributed by atoms with Crippen LogP contribution in [-0.4, -0.2) is 178 Å². The Morgan fingerprint density at radius 3 is 1.71 bits per heavy atom. The summed E-state index contributed by atoms with van der Waals surface area (Å²) in [5, 5.41) is 37.6. The van der Waals surface area contributed by atoms with E-state index in [0.717, 1.165) is 4.90 Å². The van der Waals surface area contributed by atoms with E-state index in [1.807, 2.05) is 0 Å².